The summed E-state index contributed by atoms with van der Waals surface area (Å²) < 4.78 is 11.4. The molecule has 0 saturated heterocycles. The second-order valence-electron chi connectivity index (χ2n) is 6.41. The normalized spacial score (nSPS) is 13.2. The second-order valence-corrected chi connectivity index (χ2v) is 7.13. The Morgan fingerprint density at radius 1 is 1.26 bits per heavy atom. The van der Waals surface area contributed by atoms with E-state index in [4.69, 9.17) is 9.47 Å². The highest BCUT2D eigenvalue weighted by Gasteiger charge is 2.25. The lowest BCUT2D eigenvalue weighted by atomic mass is 10.1. The van der Waals surface area contributed by atoms with Gasteiger partial charge in [0.2, 0.25) is 0 Å². The number of carbonyl (C=O) groups excluding carboxylic acids is 1. The van der Waals surface area contributed by atoms with Gasteiger partial charge in [-0.3, -0.25) is 4.79 Å². The van der Waals surface area contributed by atoms with E-state index in [2.05, 4.69) is 4.98 Å². The van der Waals surface area contributed by atoms with Gasteiger partial charge in [-0.1, -0.05) is 12.1 Å². The number of thiazole rings is 1. The number of nitrogens with zero attached hydrogens (tertiary/aromatic N) is 2. The average molecular weight is 380 g/mol. The van der Waals surface area contributed by atoms with Crippen LogP contribution in [-0.2, 0) is 4.79 Å². The van der Waals surface area contributed by atoms with Gasteiger partial charge in [-0.25, -0.2) is 4.98 Å². The second kappa shape index (κ2) is 7.80. The number of ether oxygens (including phenoxy) is 2. The Bertz CT molecular complexity index is 940. The van der Waals surface area contributed by atoms with Crippen molar-refractivity contribution in [1.29, 1.82) is 0 Å². The van der Waals surface area contributed by atoms with Crippen molar-refractivity contribution in [2.24, 2.45) is 0 Å². The maximum absolute atomic E-state index is 12.4. The molecule has 4 rings (SSSR count). The van der Waals surface area contributed by atoms with Gasteiger partial charge < -0.3 is 14.4 Å². The maximum atomic E-state index is 12.4. The van der Waals surface area contributed by atoms with Crippen LogP contribution in [0.5, 0.6) is 11.5 Å². The van der Waals surface area contributed by atoms with E-state index in [0.717, 1.165) is 34.9 Å². The van der Waals surface area contributed by atoms with Crippen LogP contribution in [0.25, 0.3) is 11.3 Å². The lowest BCUT2D eigenvalue weighted by Crippen LogP contribution is -2.39. The van der Waals surface area contributed by atoms with Gasteiger partial charge in [0, 0.05) is 17.5 Å². The summed E-state index contributed by atoms with van der Waals surface area (Å²) in [4.78, 5) is 18.5. The summed E-state index contributed by atoms with van der Waals surface area (Å²) in [5, 5.41) is 1.99. The molecule has 5 nitrogen and oxygen atoms in total. The fourth-order valence-corrected chi connectivity index (χ4v) is 3.64. The Hall–Kier alpha value is -2.86. The Labute approximate surface area is 162 Å². The monoisotopic (exact) mass is 380 g/mol. The number of hydrogen-bond donors (Lipinski definition) is 0. The van der Waals surface area contributed by atoms with Crippen LogP contribution in [0.3, 0.4) is 0 Å². The number of rotatable bonds is 6. The predicted molar refractivity (Wildman–Crippen MR) is 107 cm³/mol. The van der Waals surface area contributed by atoms with Crippen LogP contribution in [0.2, 0.25) is 0 Å². The number of aryl methyl sites for hydroxylation is 1. The fourth-order valence-electron chi connectivity index (χ4n) is 3.08. The van der Waals surface area contributed by atoms with Crippen molar-refractivity contribution in [3.8, 4) is 22.8 Å². The zero-order valence-corrected chi connectivity index (χ0v) is 15.9. The number of hydrogen-bond acceptors (Lipinski definition) is 5. The molecular weight excluding hydrogens is 360 g/mol. The van der Waals surface area contributed by atoms with E-state index >= 15 is 0 Å². The molecule has 1 aromatic heterocycles. The Morgan fingerprint density at radius 2 is 2.19 bits per heavy atom. The quantitative estimate of drug-likeness (QED) is 0.598. The highest BCUT2D eigenvalue weighted by molar-refractivity contribution is 7.07. The Kier molecular flexibility index (Phi) is 5.07. The number of fused-ring (bicyclic) bond motifs is 1. The van der Waals surface area contributed by atoms with Gasteiger partial charge >= 0.3 is 0 Å². The Balaban J connectivity index is 1.45. The number of carbonyl (C=O) groups is 1. The van der Waals surface area contributed by atoms with E-state index in [1.54, 1.807) is 21.7 Å². The van der Waals surface area contributed by atoms with E-state index in [1.807, 2.05) is 54.8 Å². The first-order chi connectivity index (χ1) is 13.2. The minimum Gasteiger partial charge on any atom is -0.494 e. The predicted octanol–water partition coefficient (Wildman–Crippen LogP) is 4.31. The van der Waals surface area contributed by atoms with Gasteiger partial charge in [-0.2, -0.15) is 0 Å². The van der Waals surface area contributed by atoms with Gasteiger partial charge in [0.05, 0.1) is 23.5 Å². The third kappa shape index (κ3) is 3.95. The molecule has 0 bridgehead atoms. The maximum Gasteiger partial charge on any atom is 0.265 e. The molecule has 0 N–H and O–H groups in total. The summed E-state index contributed by atoms with van der Waals surface area (Å²) in [5.41, 5.74) is 5.65. The van der Waals surface area contributed by atoms with Crippen LogP contribution in [0.15, 0.2) is 53.4 Å². The van der Waals surface area contributed by atoms with Crippen molar-refractivity contribution >= 4 is 22.9 Å². The highest BCUT2D eigenvalue weighted by atomic mass is 32.1. The van der Waals surface area contributed by atoms with Crippen LogP contribution < -0.4 is 14.4 Å². The zero-order valence-electron chi connectivity index (χ0n) is 15.1. The average Bonchev–Trinajstić information content (AvgIpc) is 3.21. The van der Waals surface area contributed by atoms with Crippen LogP contribution in [0.4, 0.5) is 5.69 Å². The summed E-state index contributed by atoms with van der Waals surface area (Å²) in [6, 6.07) is 13.8. The van der Waals surface area contributed by atoms with Gasteiger partial charge in [-0.15, -0.1) is 11.3 Å². The van der Waals surface area contributed by atoms with E-state index in [0.29, 0.717) is 13.2 Å². The van der Waals surface area contributed by atoms with E-state index in [-0.39, 0.29) is 12.5 Å². The molecule has 0 aliphatic carbocycles. The van der Waals surface area contributed by atoms with Crippen LogP contribution in [0, 0.1) is 6.92 Å². The van der Waals surface area contributed by atoms with E-state index in [1.165, 1.54) is 5.56 Å². The van der Waals surface area contributed by atoms with Crippen molar-refractivity contribution in [3.05, 3.63) is 58.9 Å². The number of anilines is 1. The van der Waals surface area contributed by atoms with Crippen molar-refractivity contribution in [1.82, 2.24) is 4.98 Å². The van der Waals surface area contributed by atoms with Crippen molar-refractivity contribution in [2.45, 2.75) is 13.3 Å². The number of aromatic nitrogens is 1. The standard InChI is InChI=1S/C21H20N2O3S/c1-15-4-2-5-17(10-15)25-9-3-8-23-19-11-16(18-13-27-14-22-18)6-7-20(19)26-12-21(23)24/h2,4-7,10-11,13-14H,3,8-9,12H2,1H3. The largest absolute Gasteiger partial charge is 0.494 e. The molecular formula is C21H20N2O3S. The first-order valence-corrected chi connectivity index (χ1v) is 9.80. The third-order valence-corrected chi connectivity index (χ3v) is 5.00. The molecule has 0 atom stereocenters. The molecule has 0 unspecified atom stereocenters. The van der Waals surface area contributed by atoms with Gasteiger partial charge in [-0.05, 0) is 49.2 Å². The summed E-state index contributed by atoms with van der Waals surface area (Å²) in [5.74, 6) is 1.55. The van der Waals surface area contributed by atoms with Crippen molar-refractivity contribution in [2.75, 3.05) is 24.7 Å². The molecule has 1 aliphatic rings. The molecule has 27 heavy (non-hydrogen) atoms. The van der Waals surface area contributed by atoms with E-state index < -0.39 is 0 Å². The van der Waals surface area contributed by atoms with Crippen LogP contribution >= 0.6 is 11.3 Å². The number of benzene rings is 2. The molecule has 1 amide bonds. The van der Waals surface area contributed by atoms with Crippen LogP contribution in [0.1, 0.15) is 12.0 Å². The van der Waals surface area contributed by atoms with E-state index in [9.17, 15) is 4.79 Å². The summed E-state index contributed by atoms with van der Waals surface area (Å²) >= 11 is 1.55. The first-order valence-electron chi connectivity index (χ1n) is 8.86. The minimum atomic E-state index is -0.0338. The third-order valence-electron chi connectivity index (χ3n) is 4.41. The smallest absolute Gasteiger partial charge is 0.265 e. The Morgan fingerprint density at radius 3 is 3.00 bits per heavy atom. The molecule has 138 valence electrons. The molecule has 6 heteroatoms. The lowest BCUT2D eigenvalue weighted by Gasteiger charge is -2.29. The summed E-state index contributed by atoms with van der Waals surface area (Å²) in [7, 11) is 0. The zero-order chi connectivity index (χ0) is 18.6. The van der Waals surface area contributed by atoms with Gasteiger partial charge in [0.15, 0.2) is 6.61 Å². The number of amides is 1. The molecule has 0 saturated carbocycles. The molecule has 0 radical (unpaired) electrons. The van der Waals surface area contributed by atoms with Gasteiger partial charge in [0.1, 0.15) is 11.5 Å². The highest BCUT2D eigenvalue weighted by Crippen LogP contribution is 2.36. The molecule has 0 fully saturated rings. The first kappa shape index (κ1) is 17.5. The molecule has 3 aromatic rings. The fraction of sp³-hybridized carbons (Fsp3) is 0.238. The lowest BCUT2D eigenvalue weighted by molar-refractivity contribution is -0.121. The van der Waals surface area contributed by atoms with Crippen molar-refractivity contribution in [3.63, 3.8) is 0 Å². The summed E-state index contributed by atoms with van der Waals surface area (Å²) in [6.07, 6.45) is 0.736. The topological polar surface area (TPSA) is 51.7 Å². The molecule has 0 spiro atoms. The minimum absolute atomic E-state index is 0.0338. The SMILES string of the molecule is Cc1cccc(OCCCN2C(=O)COc3ccc(-c4cscn4)cc32)c1. The molecule has 1 aliphatic heterocycles. The molecule has 2 aromatic carbocycles. The van der Waals surface area contributed by atoms with Crippen molar-refractivity contribution < 1.29 is 14.3 Å². The summed E-state index contributed by atoms with van der Waals surface area (Å²) in [6.45, 7) is 3.24. The van der Waals surface area contributed by atoms with Gasteiger partial charge in [0.25, 0.3) is 5.91 Å². The van der Waals surface area contributed by atoms with Crippen LogP contribution in [-0.4, -0.2) is 30.6 Å². The molecule has 2 heterocycles.